The lowest BCUT2D eigenvalue weighted by atomic mass is 10.1. The zero-order valence-corrected chi connectivity index (χ0v) is 10.2. The van der Waals surface area contributed by atoms with Crippen molar-refractivity contribution in [2.75, 3.05) is 6.54 Å². The summed E-state index contributed by atoms with van der Waals surface area (Å²) in [5.74, 6) is 0.214. The molecule has 0 radical (unpaired) electrons. The minimum absolute atomic E-state index is 0.0119. The number of rotatable bonds is 4. The third kappa shape index (κ3) is 3.34. The van der Waals surface area contributed by atoms with Gasteiger partial charge in [-0.3, -0.25) is 4.79 Å². The maximum atomic E-state index is 11.8. The molecule has 0 aliphatic heterocycles. The molecule has 1 aliphatic carbocycles. The maximum Gasteiger partial charge on any atom is 0.227 e. The first-order valence-electron chi connectivity index (χ1n) is 6.14. The van der Waals surface area contributed by atoms with Crippen molar-refractivity contribution in [1.82, 2.24) is 5.32 Å². The lowest BCUT2D eigenvalue weighted by Crippen LogP contribution is -2.32. The van der Waals surface area contributed by atoms with Crippen molar-refractivity contribution in [2.45, 2.75) is 18.9 Å². The monoisotopic (exact) mass is 246 g/mol. The van der Waals surface area contributed by atoms with E-state index < -0.39 is 0 Å². The number of phenolic OH excluding ortho intramolecular Hbond substituents is 1. The van der Waals surface area contributed by atoms with Gasteiger partial charge in [0.15, 0.2) is 0 Å². The van der Waals surface area contributed by atoms with Crippen molar-refractivity contribution < 1.29 is 9.90 Å². The van der Waals surface area contributed by atoms with E-state index in [2.05, 4.69) is 5.32 Å². The molecule has 0 aromatic heterocycles. The molecule has 0 saturated heterocycles. The van der Waals surface area contributed by atoms with E-state index in [0.717, 1.165) is 12.0 Å². The summed E-state index contributed by atoms with van der Waals surface area (Å²) in [5.41, 5.74) is 6.80. The molecule has 4 N–H and O–H groups in total. The summed E-state index contributed by atoms with van der Waals surface area (Å²) < 4.78 is 0. The fourth-order valence-corrected chi connectivity index (χ4v) is 2.05. The van der Waals surface area contributed by atoms with Gasteiger partial charge in [0, 0.05) is 12.6 Å². The van der Waals surface area contributed by atoms with E-state index >= 15 is 0 Å². The van der Waals surface area contributed by atoms with E-state index in [1.54, 1.807) is 12.1 Å². The zero-order valence-electron chi connectivity index (χ0n) is 10.2. The van der Waals surface area contributed by atoms with Crippen molar-refractivity contribution in [2.24, 2.45) is 11.7 Å². The molecular weight excluding hydrogens is 228 g/mol. The van der Waals surface area contributed by atoms with Gasteiger partial charge in [0.25, 0.3) is 0 Å². The number of nitrogens with two attached hydrogens (primary N) is 1. The highest BCUT2D eigenvalue weighted by molar-refractivity contribution is 5.81. The molecule has 0 fully saturated rings. The first-order valence-corrected chi connectivity index (χ1v) is 6.14. The van der Waals surface area contributed by atoms with Crippen LogP contribution in [0.15, 0.2) is 36.4 Å². The number of amides is 1. The molecule has 18 heavy (non-hydrogen) atoms. The summed E-state index contributed by atoms with van der Waals surface area (Å²) in [6.45, 7) is 0.600. The van der Waals surface area contributed by atoms with Gasteiger partial charge in [0.05, 0.1) is 5.92 Å². The summed E-state index contributed by atoms with van der Waals surface area (Å²) in [6.07, 6.45) is 5.21. The summed E-state index contributed by atoms with van der Waals surface area (Å²) in [4.78, 5) is 11.8. The first-order chi connectivity index (χ1) is 8.65. The van der Waals surface area contributed by atoms with Gasteiger partial charge in [-0.1, -0.05) is 24.3 Å². The second-order valence-corrected chi connectivity index (χ2v) is 4.60. The van der Waals surface area contributed by atoms with Crippen LogP contribution in [0, 0.1) is 5.92 Å². The highest BCUT2D eigenvalue weighted by Crippen LogP contribution is 2.16. The molecule has 1 aromatic rings. The number of benzene rings is 1. The van der Waals surface area contributed by atoms with E-state index in [9.17, 15) is 4.79 Å². The van der Waals surface area contributed by atoms with Crippen LogP contribution in [0.5, 0.6) is 5.75 Å². The van der Waals surface area contributed by atoms with Crippen LogP contribution >= 0.6 is 0 Å². The van der Waals surface area contributed by atoms with Crippen LogP contribution in [0.25, 0.3) is 0 Å². The largest absolute Gasteiger partial charge is 0.508 e. The smallest absolute Gasteiger partial charge is 0.227 e. The van der Waals surface area contributed by atoms with Gasteiger partial charge in [-0.05, 0) is 30.5 Å². The van der Waals surface area contributed by atoms with E-state index in [4.69, 9.17) is 10.8 Å². The predicted molar refractivity (Wildman–Crippen MR) is 70.0 cm³/mol. The van der Waals surface area contributed by atoms with Gasteiger partial charge in [0.2, 0.25) is 5.91 Å². The van der Waals surface area contributed by atoms with Crippen LogP contribution < -0.4 is 11.1 Å². The number of carbonyl (C=O) groups is 1. The number of aromatic hydroxyl groups is 1. The molecular formula is C14H18N2O2. The minimum atomic E-state index is -0.0835. The quantitative estimate of drug-likeness (QED) is 0.692. The highest BCUT2D eigenvalue weighted by Gasteiger charge is 2.21. The summed E-state index contributed by atoms with van der Waals surface area (Å²) in [6, 6.07) is 7.02. The molecule has 0 heterocycles. The van der Waals surface area contributed by atoms with E-state index in [0.29, 0.717) is 13.0 Å². The van der Waals surface area contributed by atoms with Crippen LogP contribution in [0.2, 0.25) is 0 Å². The molecule has 1 aliphatic rings. The lowest BCUT2D eigenvalue weighted by molar-refractivity contribution is -0.123. The maximum absolute atomic E-state index is 11.8. The molecule has 4 heteroatoms. The Morgan fingerprint density at radius 1 is 1.33 bits per heavy atom. The first kappa shape index (κ1) is 12.6. The molecule has 1 amide bonds. The van der Waals surface area contributed by atoms with Gasteiger partial charge in [-0.25, -0.2) is 0 Å². The van der Waals surface area contributed by atoms with Crippen molar-refractivity contribution in [3.05, 3.63) is 42.0 Å². The Morgan fingerprint density at radius 3 is 2.67 bits per heavy atom. The Kier molecular flexibility index (Phi) is 3.99. The molecule has 96 valence electrons. The van der Waals surface area contributed by atoms with Gasteiger partial charge < -0.3 is 16.2 Å². The van der Waals surface area contributed by atoms with Crippen molar-refractivity contribution in [1.29, 1.82) is 0 Å². The van der Waals surface area contributed by atoms with Crippen LogP contribution in [0.1, 0.15) is 12.0 Å². The van der Waals surface area contributed by atoms with Crippen LogP contribution in [-0.4, -0.2) is 23.6 Å². The van der Waals surface area contributed by atoms with Crippen molar-refractivity contribution in [3.63, 3.8) is 0 Å². The minimum Gasteiger partial charge on any atom is -0.508 e. The molecule has 1 aromatic carbocycles. The normalized spacial score (nSPS) is 22.1. The average Bonchev–Trinajstić information content (AvgIpc) is 2.78. The molecule has 2 rings (SSSR count). The predicted octanol–water partition coefficient (Wildman–Crippen LogP) is 0.954. The number of hydrogen-bond acceptors (Lipinski definition) is 3. The Labute approximate surface area is 107 Å². The second kappa shape index (κ2) is 5.69. The van der Waals surface area contributed by atoms with Crippen molar-refractivity contribution in [3.8, 4) is 5.75 Å². The van der Waals surface area contributed by atoms with E-state index in [1.165, 1.54) is 0 Å². The third-order valence-electron chi connectivity index (χ3n) is 3.10. The van der Waals surface area contributed by atoms with Crippen LogP contribution in [0.3, 0.4) is 0 Å². The van der Waals surface area contributed by atoms with Crippen LogP contribution in [-0.2, 0) is 11.2 Å². The average molecular weight is 246 g/mol. The van der Waals surface area contributed by atoms with Gasteiger partial charge >= 0.3 is 0 Å². The van der Waals surface area contributed by atoms with E-state index in [1.807, 2.05) is 24.3 Å². The van der Waals surface area contributed by atoms with E-state index in [-0.39, 0.29) is 23.6 Å². The standard InChI is InChI=1S/C14H18N2O2/c15-12-4-3-11(9-12)14(18)16-8-7-10-1-5-13(17)6-2-10/h1-6,11-12,17H,7-9,15H2,(H,16,18). The fourth-order valence-electron chi connectivity index (χ4n) is 2.05. The fraction of sp³-hybridized carbons (Fsp3) is 0.357. The second-order valence-electron chi connectivity index (χ2n) is 4.60. The van der Waals surface area contributed by atoms with Gasteiger partial charge in [-0.2, -0.15) is 0 Å². The molecule has 2 unspecified atom stereocenters. The van der Waals surface area contributed by atoms with Crippen molar-refractivity contribution >= 4 is 5.91 Å². The lowest BCUT2D eigenvalue weighted by Gasteiger charge is -2.10. The number of nitrogens with one attached hydrogen (secondary N) is 1. The molecule has 4 nitrogen and oxygen atoms in total. The number of phenols is 1. The third-order valence-corrected chi connectivity index (χ3v) is 3.10. The highest BCUT2D eigenvalue weighted by atomic mass is 16.3. The number of hydrogen-bond donors (Lipinski definition) is 3. The molecule has 0 bridgehead atoms. The van der Waals surface area contributed by atoms with Crippen LogP contribution in [0.4, 0.5) is 0 Å². The Morgan fingerprint density at radius 2 is 2.06 bits per heavy atom. The molecule has 2 atom stereocenters. The summed E-state index contributed by atoms with van der Waals surface area (Å²) in [7, 11) is 0. The molecule has 0 spiro atoms. The van der Waals surface area contributed by atoms with Gasteiger partial charge in [-0.15, -0.1) is 0 Å². The zero-order chi connectivity index (χ0) is 13.0. The SMILES string of the molecule is NC1C=CC(C(=O)NCCc2ccc(O)cc2)C1. The topological polar surface area (TPSA) is 75.4 Å². The number of carbonyl (C=O) groups excluding carboxylic acids is 1. The summed E-state index contributed by atoms with van der Waals surface area (Å²) in [5, 5.41) is 12.0. The van der Waals surface area contributed by atoms with Gasteiger partial charge in [0.1, 0.15) is 5.75 Å². The Hall–Kier alpha value is -1.81. The Balaban J connectivity index is 1.74. The molecule has 0 saturated carbocycles. The Bertz CT molecular complexity index is 440. The summed E-state index contributed by atoms with van der Waals surface area (Å²) >= 11 is 0.